The van der Waals surface area contributed by atoms with Crippen LogP contribution in [0.1, 0.15) is 31.2 Å². The van der Waals surface area contributed by atoms with Crippen molar-refractivity contribution in [2.24, 2.45) is 5.41 Å². The molecular weight excluding hydrogens is 281 g/mol. The van der Waals surface area contributed by atoms with Gasteiger partial charge < -0.3 is 5.32 Å². The van der Waals surface area contributed by atoms with Gasteiger partial charge in [-0.05, 0) is 49.4 Å². The smallest absolute Gasteiger partial charge is 0.127 e. The van der Waals surface area contributed by atoms with E-state index in [9.17, 15) is 4.39 Å². The summed E-state index contributed by atoms with van der Waals surface area (Å²) in [6, 6.07) is 5.41. The van der Waals surface area contributed by atoms with Crippen LogP contribution in [0.25, 0.3) is 0 Å². The first-order valence-electron chi connectivity index (χ1n) is 6.24. The number of halogens is 2. The van der Waals surface area contributed by atoms with Gasteiger partial charge in [0.25, 0.3) is 0 Å². The highest BCUT2D eigenvalue weighted by molar-refractivity contribution is 9.10. The maximum absolute atomic E-state index is 13.9. The molecule has 0 aliphatic heterocycles. The summed E-state index contributed by atoms with van der Waals surface area (Å²) in [6.07, 6.45) is 5.83. The van der Waals surface area contributed by atoms with E-state index in [0.29, 0.717) is 0 Å². The van der Waals surface area contributed by atoms with Gasteiger partial charge in [0.15, 0.2) is 0 Å². The number of benzene rings is 1. The Morgan fingerprint density at radius 3 is 2.65 bits per heavy atom. The fourth-order valence-electron chi connectivity index (χ4n) is 2.99. The predicted octanol–water partition coefficient (Wildman–Crippen LogP) is 3.91. The van der Waals surface area contributed by atoms with E-state index >= 15 is 0 Å². The Labute approximate surface area is 111 Å². The highest BCUT2D eigenvalue weighted by Gasteiger charge is 2.33. The lowest BCUT2D eigenvalue weighted by atomic mass is 9.80. The van der Waals surface area contributed by atoms with Gasteiger partial charge in [-0.2, -0.15) is 0 Å². The largest absolute Gasteiger partial charge is 0.319 e. The number of nitrogens with one attached hydrogen (secondary N) is 1. The van der Waals surface area contributed by atoms with Crippen LogP contribution in [0.5, 0.6) is 0 Å². The van der Waals surface area contributed by atoms with E-state index in [4.69, 9.17) is 0 Å². The predicted molar refractivity (Wildman–Crippen MR) is 72.6 cm³/mol. The zero-order valence-electron chi connectivity index (χ0n) is 10.2. The maximum atomic E-state index is 13.9. The van der Waals surface area contributed by atoms with Crippen molar-refractivity contribution in [1.82, 2.24) is 5.32 Å². The van der Waals surface area contributed by atoms with Gasteiger partial charge >= 0.3 is 0 Å². The SMILES string of the molecule is CNCC1(Cc2ccc(Br)cc2F)CCCC1. The van der Waals surface area contributed by atoms with Crippen molar-refractivity contribution in [3.05, 3.63) is 34.1 Å². The number of hydrogen-bond donors (Lipinski definition) is 1. The molecule has 1 aromatic carbocycles. The summed E-state index contributed by atoms with van der Waals surface area (Å²) in [5.41, 5.74) is 1.12. The molecule has 17 heavy (non-hydrogen) atoms. The van der Waals surface area contributed by atoms with Crippen LogP contribution in [0.2, 0.25) is 0 Å². The molecule has 0 unspecified atom stereocenters. The molecule has 1 nitrogen and oxygen atoms in total. The molecule has 0 spiro atoms. The van der Waals surface area contributed by atoms with E-state index in [-0.39, 0.29) is 11.2 Å². The summed E-state index contributed by atoms with van der Waals surface area (Å²) >= 11 is 3.30. The third kappa shape index (κ3) is 3.08. The molecule has 1 fully saturated rings. The summed E-state index contributed by atoms with van der Waals surface area (Å²) in [5.74, 6) is -0.0817. The number of rotatable bonds is 4. The Balaban J connectivity index is 2.17. The van der Waals surface area contributed by atoms with E-state index in [2.05, 4.69) is 21.2 Å². The van der Waals surface area contributed by atoms with Crippen LogP contribution >= 0.6 is 15.9 Å². The molecule has 2 rings (SSSR count). The highest BCUT2D eigenvalue weighted by Crippen LogP contribution is 2.40. The quantitative estimate of drug-likeness (QED) is 0.889. The summed E-state index contributed by atoms with van der Waals surface area (Å²) in [7, 11) is 1.98. The fourth-order valence-corrected chi connectivity index (χ4v) is 3.32. The van der Waals surface area contributed by atoms with Gasteiger partial charge in [-0.15, -0.1) is 0 Å². The van der Waals surface area contributed by atoms with Gasteiger partial charge in [0, 0.05) is 11.0 Å². The average Bonchev–Trinajstić information content (AvgIpc) is 2.72. The molecule has 1 saturated carbocycles. The monoisotopic (exact) mass is 299 g/mol. The molecule has 1 aromatic rings. The van der Waals surface area contributed by atoms with Crippen molar-refractivity contribution in [3.63, 3.8) is 0 Å². The first-order valence-corrected chi connectivity index (χ1v) is 7.03. The molecule has 94 valence electrons. The molecular formula is C14H19BrFN. The molecule has 0 saturated heterocycles. The van der Waals surface area contributed by atoms with E-state index in [1.807, 2.05) is 19.2 Å². The minimum Gasteiger partial charge on any atom is -0.319 e. The van der Waals surface area contributed by atoms with Crippen molar-refractivity contribution in [3.8, 4) is 0 Å². The van der Waals surface area contributed by atoms with Crippen molar-refractivity contribution < 1.29 is 4.39 Å². The molecule has 0 amide bonds. The average molecular weight is 300 g/mol. The van der Waals surface area contributed by atoms with Gasteiger partial charge in [-0.25, -0.2) is 4.39 Å². The summed E-state index contributed by atoms with van der Waals surface area (Å²) < 4.78 is 14.7. The third-order valence-corrected chi connectivity index (χ3v) is 4.29. The molecule has 3 heteroatoms. The van der Waals surface area contributed by atoms with Gasteiger partial charge in [-0.3, -0.25) is 0 Å². The van der Waals surface area contributed by atoms with Crippen LogP contribution < -0.4 is 5.32 Å². The van der Waals surface area contributed by atoms with Crippen molar-refractivity contribution in [2.45, 2.75) is 32.1 Å². The summed E-state index contributed by atoms with van der Waals surface area (Å²) in [4.78, 5) is 0. The van der Waals surface area contributed by atoms with Gasteiger partial charge in [0.05, 0.1) is 0 Å². The minimum absolute atomic E-state index is 0.0817. The zero-order valence-corrected chi connectivity index (χ0v) is 11.8. The normalized spacial score (nSPS) is 18.5. The van der Waals surface area contributed by atoms with Crippen LogP contribution in [-0.4, -0.2) is 13.6 Å². The summed E-state index contributed by atoms with van der Waals surface area (Å²) in [6.45, 7) is 0.989. The molecule has 0 atom stereocenters. The van der Waals surface area contributed by atoms with Gasteiger partial charge in [-0.1, -0.05) is 34.8 Å². The lowest BCUT2D eigenvalue weighted by Gasteiger charge is -2.29. The Bertz CT molecular complexity index is 386. The highest BCUT2D eigenvalue weighted by atomic mass is 79.9. The van der Waals surface area contributed by atoms with Crippen LogP contribution in [0.15, 0.2) is 22.7 Å². The summed E-state index contributed by atoms with van der Waals surface area (Å²) in [5, 5.41) is 3.27. The standard InChI is InChI=1S/C14H19BrFN/c1-17-10-14(6-2-3-7-14)9-11-4-5-12(15)8-13(11)16/h4-5,8,17H,2-3,6-7,9-10H2,1H3. The van der Waals surface area contributed by atoms with Gasteiger partial charge in [0.1, 0.15) is 5.82 Å². The Hall–Kier alpha value is -0.410. The van der Waals surface area contributed by atoms with Crippen LogP contribution in [0.3, 0.4) is 0 Å². The fraction of sp³-hybridized carbons (Fsp3) is 0.571. The van der Waals surface area contributed by atoms with E-state index in [1.165, 1.54) is 25.7 Å². The molecule has 1 N–H and O–H groups in total. The van der Waals surface area contributed by atoms with Crippen molar-refractivity contribution >= 4 is 15.9 Å². The lowest BCUT2D eigenvalue weighted by Crippen LogP contribution is -2.32. The first kappa shape index (κ1) is 13.0. The Morgan fingerprint density at radius 2 is 2.06 bits per heavy atom. The Kier molecular flexibility index (Phi) is 4.21. The maximum Gasteiger partial charge on any atom is 0.127 e. The van der Waals surface area contributed by atoms with Crippen LogP contribution in [-0.2, 0) is 6.42 Å². The van der Waals surface area contributed by atoms with Gasteiger partial charge in [0.2, 0.25) is 0 Å². The van der Waals surface area contributed by atoms with Crippen LogP contribution in [0.4, 0.5) is 4.39 Å². The van der Waals surface area contributed by atoms with Crippen LogP contribution in [0, 0.1) is 11.2 Å². The van der Waals surface area contributed by atoms with E-state index < -0.39 is 0 Å². The topological polar surface area (TPSA) is 12.0 Å². The Morgan fingerprint density at radius 1 is 1.35 bits per heavy atom. The van der Waals surface area contributed by atoms with Crippen molar-refractivity contribution in [1.29, 1.82) is 0 Å². The van der Waals surface area contributed by atoms with Crippen molar-refractivity contribution in [2.75, 3.05) is 13.6 Å². The third-order valence-electron chi connectivity index (χ3n) is 3.80. The second-order valence-electron chi connectivity index (χ2n) is 5.15. The second-order valence-corrected chi connectivity index (χ2v) is 6.07. The van der Waals surface area contributed by atoms with E-state index in [0.717, 1.165) is 23.0 Å². The molecule has 0 radical (unpaired) electrons. The second kappa shape index (κ2) is 5.49. The van der Waals surface area contributed by atoms with E-state index in [1.54, 1.807) is 6.07 Å². The molecule has 1 aliphatic rings. The number of hydrogen-bond acceptors (Lipinski definition) is 1. The molecule has 0 aromatic heterocycles. The zero-order chi connectivity index (χ0) is 12.3. The lowest BCUT2D eigenvalue weighted by molar-refractivity contribution is 0.282. The molecule has 0 heterocycles. The molecule has 1 aliphatic carbocycles. The minimum atomic E-state index is -0.0817. The molecule has 0 bridgehead atoms. The first-order chi connectivity index (χ1) is 8.15.